The van der Waals surface area contributed by atoms with Crippen LogP contribution in [-0.2, 0) is 0 Å². The van der Waals surface area contributed by atoms with Crippen molar-refractivity contribution in [1.29, 1.82) is 0 Å². The lowest BCUT2D eigenvalue weighted by molar-refractivity contribution is 0.114. The molecule has 140 valence electrons. The van der Waals surface area contributed by atoms with Gasteiger partial charge in [-0.15, -0.1) is 12.4 Å². The summed E-state index contributed by atoms with van der Waals surface area (Å²) >= 11 is 6.53. The van der Waals surface area contributed by atoms with Crippen molar-refractivity contribution in [2.24, 2.45) is 0 Å². The molecular weight excluding hydrogens is 365 g/mol. The first-order valence-corrected chi connectivity index (χ1v) is 9.53. The van der Waals surface area contributed by atoms with E-state index in [-0.39, 0.29) is 12.4 Å². The number of aliphatic hydroxyl groups excluding tert-OH is 1. The summed E-state index contributed by atoms with van der Waals surface area (Å²) in [4.78, 5) is 2.34. The van der Waals surface area contributed by atoms with E-state index in [4.69, 9.17) is 11.6 Å². The van der Waals surface area contributed by atoms with E-state index in [1.807, 2.05) is 36.4 Å². The first-order valence-electron chi connectivity index (χ1n) is 9.16. The molecule has 0 aromatic heterocycles. The van der Waals surface area contributed by atoms with Gasteiger partial charge in [0, 0.05) is 17.0 Å². The van der Waals surface area contributed by atoms with E-state index in [1.54, 1.807) is 0 Å². The molecule has 0 heterocycles. The molecule has 1 N–H and O–H groups in total. The van der Waals surface area contributed by atoms with Gasteiger partial charge < -0.3 is 10.0 Å². The van der Waals surface area contributed by atoms with Crippen molar-refractivity contribution in [2.75, 3.05) is 19.6 Å². The monoisotopic (exact) mass is 391 g/mol. The van der Waals surface area contributed by atoms with Crippen molar-refractivity contribution in [3.8, 4) is 0 Å². The summed E-state index contributed by atoms with van der Waals surface area (Å²) in [6.45, 7) is 7.04. The van der Waals surface area contributed by atoms with Crippen LogP contribution in [0, 0.1) is 0 Å². The highest BCUT2D eigenvalue weighted by atomic mass is 35.5. The molecule has 0 aliphatic heterocycles. The van der Waals surface area contributed by atoms with Gasteiger partial charge in [-0.25, -0.2) is 0 Å². The number of halogens is 2. The molecule has 0 saturated carbocycles. The van der Waals surface area contributed by atoms with Crippen molar-refractivity contribution in [3.63, 3.8) is 0 Å². The predicted octanol–water partition coefficient (Wildman–Crippen LogP) is 6.22. The maximum Gasteiger partial charge on any atom is 0.0922 e. The summed E-state index contributed by atoms with van der Waals surface area (Å²) in [7, 11) is 0. The fraction of sp³-hybridized carbons (Fsp3) is 0.364. The van der Waals surface area contributed by atoms with E-state index in [1.165, 1.54) is 0 Å². The van der Waals surface area contributed by atoms with E-state index >= 15 is 0 Å². The van der Waals surface area contributed by atoms with E-state index in [2.05, 4.69) is 30.9 Å². The number of hydrogen-bond donors (Lipinski definition) is 1. The highest BCUT2D eigenvalue weighted by Crippen LogP contribution is 2.35. The summed E-state index contributed by atoms with van der Waals surface area (Å²) in [5.74, 6) is 0. The number of rotatable bonds is 7. The maximum absolute atomic E-state index is 10.9. The van der Waals surface area contributed by atoms with E-state index in [0.717, 1.165) is 58.1 Å². The zero-order valence-electron chi connectivity index (χ0n) is 15.4. The van der Waals surface area contributed by atoms with Crippen LogP contribution in [0.3, 0.4) is 0 Å². The standard InChI is InChI=1S/C22H26ClNO.ClH/c1-3-12-24(13-4-2)15-22(25)19-11-7-10-17-16-8-5-6-9-18(16)21(23)14-20(17)19;/h5-11,14,22,25H,3-4,12-13,15H2,1-2H3;1H. The largest absolute Gasteiger partial charge is 0.387 e. The van der Waals surface area contributed by atoms with Gasteiger partial charge in [0.2, 0.25) is 0 Å². The molecule has 0 spiro atoms. The minimum atomic E-state index is -0.515. The fourth-order valence-electron chi connectivity index (χ4n) is 3.67. The molecule has 0 radical (unpaired) electrons. The van der Waals surface area contributed by atoms with E-state index < -0.39 is 6.10 Å². The smallest absolute Gasteiger partial charge is 0.0922 e. The molecule has 0 aliphatic rings. The van der Waals surface area contributed by atoms with Crippen molar-refractivity contribution in [3.05, 3.63) is 59.1 Å². The van der Waals surface area contributed by atoms with Gasteiger partial charge in [-0.2, -0.15) is 0 Å². The molecular formula is C22H27Cl2NO. The first-order chi connectivity index (χ1) is 12.2. The average Bonchev–Trinajstić information content (AvgIpc) is 2.62. The number of fused-ring (bicyclic) bond motifs is 3. The zero-order valence-corrected chi connectivity index (χ0v) is 17.0. The van der Waals surface area contributed by atoms with Crippen LogP contribution < -0.4 is 0 Å². The maximum atomic E-state index is 10.9. The number of aliphatic hydroxyl groups is 1. The molecule has 1 atom stereocenters. The van der Waals surface area contributed by atoms with Gasteiger partial charge in [0.15, 0.2) is 0 Å². The van der Waals surface area contributed by atoms with E-state index in [9.17, 15) is 5.11 Å². The molecule has 1 unspecified atom stereocenters. The average molecular weight is 392 g/mol. The normalized spacial score (nSPS) is 12.5. The number of nitrogens with zero attached hydrogens (tertiary/aromatic N) is 1. The molecule has 2 nitrogen and oxygen atoms in total. The van der Waals surface area contributed by atoms with Gasteiger partial charge in [-0.05, 0) is 53.7 Å². The molecule has 0 bridgehead atoms. The quantitative estimate of drug-likeness (QED) is 0.482. The van der Waals surface area contributed by atoms with Gasteiger partial charge >= 0.3 is 0 Å². The fourth-order valence-corrected chi connectivity index (χ4v) is 3.94. The highest BCUT2D eigenvalue weighted by molar-refractivity contribution is 6.37. The zero-order chi connectivity index (χ0) is 17.8. The van der Waals surface area contributed by atoms with Crippen LogP contribution in [0.4, 0.5) is 0 Å². The lowest BCUT2D eigenvalue weighted by atomic mass is 9.95. The Hall–Kier alpha value is -1.32. The third kappa shape index (κ3) is 4.32. The molecule has 0 saturated heterocycles. The molecule has 4 heteroatoms. The SMILES string of the molecule is CCCN(CCC)CC(O)c1cccc2c1cc(Cl)c1ccccc12.Cl. The summed E-state index contributed by atoms with van der Waals surface area (Å²) in [6, 6.07) is 16.4. The number of benzene rings is 3. The predicted molar refractivity (Wildman–Crippen MR) is 116 cm³/mol. The number of hydrogen-bond acceptors (Lipinski definition) is 2. The third-order valence-corrected chi connectivity index (χ3v) is 5.07. The Balaban J connectivity index is 0.00000243. The molecule has 0 amide bonds. The molecule has 3 rings (SSSR count). The van der Waals surface area contributed by atoms with Crippen LogP contribution in [-0.4, -0.2) is 29.6 Å². The van der Waals surface area contributed by atoms with Gasteiger partial charge in [0.1, 0.15) is 0 Å². The highest BCUT2D eigenvalue weighted by Gasteiger charge is 2.16. The summed E-state index contributed by atoms with van der Waals surface area (Å²) in [6.07, 6.45) is 1.68. The Kier molecular flexibility index (Phi) is 7.72. The molecule has 3 aromatic rings. The van der Waals surface area contributed by atoms with Crippen LogP contribution in [0.2, 0.25) is 5.02 Å². The van der Waals surface area contributed by atoms with Crippen molar-refractivity contribution >= 4 is 45.6 Å². The summed E-state index contributed by atoms with van der Waals surface area (Å²) < 4.78 is 0. The molecule has 26 heavy (non-hydrogen) atoms. The second kappa shape index (κ2) is 9.57. The van der Waals surface area contributed by atoms with Crippen molar-refractivity contribution in [1.82, 2.24) is 4.90 Å². The van der Waals surface area contributed by atoms with Crippen LogP contribution in [0.5, 0.6) is 0 Å². The second-order valence-electron chi connectivity index (χ2n) is 6.66. The van der Waals surface area contributed by atoms with Crippen molar-refractivity contribution in [2.45, 2.75) is 32.8 Å². The Morgan fingerprint density at radius 1 is 0.885 bits per heavy atom. The molecule has 3 aromatic carbocycles. The topological polar surface area (TPSA) is 23.5 Å². The Labute approximate surface area is 167 Å². The molecule has 0 fully saturated rings. The summed E-state index contributed by atoms with van der Waals surface area (Å²) in [5.41, 5.74) is 0.961. The van der Waals surface area contributed by atoms with Crippen LogP contribution in [0.25, 0.3) is 21.5 Å². The van der Waals surface area contributed by atoms with Crippen LogP contribution in [0.15, 0.2) is 48.5 Å². The molecule has 0 aliphatic carbocycles. The Bertz CT molecular complexity index is 859. The second-order valence-corrected chi connectivity index (χ2v) is 7.07. The lowest BCUT2D eigenvalue weighted by Crippen LogP contribution is -2.30. The van der Waals surface area contributed by atoms with Crippen molar-refractivity contribution < 1.29 is 5.11 Å². The van der Waals surface area contributed by atoms with Gasteiger partial charge in [0.05, 0.1) is 6.10 Å². The summed E-state index contributed by atoms with van der Waals surface area (Å²) in [5, 5.41) is 16.0. The van der Waals surface area contributed by atoms with Gasteiger partial charge in [-0.1, -0.05) is 67.9 Å². The van der Waals surface area contributed by atoms with Crippen LogP contribution >= 0.6 is 24.0 Å². The van der Waals surface area contributed by atoms with Gasteiger partial charge in [0.25, 0.3) is 0 Å². The Morgan fingerprint density at radius 3 is 2.12 bits per heavy atom. The Morgan fingerprint density at radius 2 is 1.46 bits per heavy atom. The minimum absolute atomic E-state index is 0. The minimum Gasteiger partial charge on any atom is -0.387 e. The van der Waals surface area contributed by atoms with Gasteiger partial charge in [-0.3, -0.25) is 0 Å². The third-order valence-electron chi connectivity index (χ3n) is 4.76. The van der Waals surface area contributed by atoms with E-state index in [0.29, 0.717) is 6.54 Å². The van der Waals surface area contributed by atoms with Crippen LogP contribution in [0.1, 0.15) is 38.4 Å². The first kappa shape index (κ1) is 21.0. The lowest BCUT2D eigenvalue weighted by Gasteiger charge is -2.25.